The van der Waals surface area contributed by atoms with Crippen LogP contribution in [0.15, 0.2) is 23.1 Å². The Bertz CT molecular complexity index is 1030. The summed E-state index contributed by atoms with van der Waals surface area (Å²) >= 11 is 0. The Balaban J connectivity index is 1.57. The number of nitrogens with one attached hydrogen (secondary N) is 1. The maximum Gasteiger partial charge on any atom is 0.243 e. The van der Waals surface area contributed by atoms with E-state index in [0.29, 0.717) is 31.0 Å². The van der Waals surface area contributed by atoms with Crippen molar-refractivity contribution in [2.75, 3.05) is 58.4 Å². The van der Waals surface area contributed by atoms with Crippen LogP contribution in [0.3, 0.4) is 0 Å². The number of nitrogens with zero attached hydrogens (tertiary/aromatic N) is 2. The smallest absolute Gasteiger partial charge is 0.243 e. The van der Waals surface area contributed by atoms with Gasteiger partial charge in [0.25, 0.3) is 0 Å². The highest BCUT2D eigenvalue weighted by Gasteiger charge is 2.39. The van der Waals surface area contributed by atoms with E-state index in [0.717, 1.165) is 0 Å². The second-order valence-electron chi connectivity index (χ2n) is 8.15. The molecule has 0 spiro atoms. The predicted octanol–water partition coefficient (Wildman–Crippen LogP) is -0.296. The number of hydrogen-bond donors (Lipinski definition) is 1. The van der Waals surface area contributed by atoms with Crippen molar-refractivity contribution in [1.29, 1.82) is 0 Å². The molecule has 2 heterocycles. The standard InChI is InChI=1S/C19H29N3O7S2/c1-19(6-11-30(24,25)14-19)20-18(23)13-21-7-9-22(10-8-21)31(26,27)15-4-5-16(28-2)17(12-15)29-3/h4-5,12H,6-11,13-14H2,1-3H3,(H,20,23)/t19-/m0/s1. The molecule has 31 heavy (non-hydrogen) atoms. The molecule has 2 fully saturated rings. The highest BCUT2D eigenvalue weighted by atomic mass is 32.2. The molecule has 0 aliphatic carbocycles. The number of sulfonamides is 1. The van der Waals surface area contributed by atoms with E-state index in [1.165, 1.54) is 30.7 Å². The molecule has 1 N–H and O–H groups in total. The summed E-state index contributed by atoms with van der Waals surface area (Å²) in [4.78, 5) is 14.4. The van der Waals surface area contributed by atoms with Crippen LogP contribution in [0.1, 0.15) is 13.3 Å². The van der Waals surface area contributed by atoms with Gasteiger partial charge in [-0.15, -0.1) is 0 Å². The second kappa shape index (κ2) is 8.93. The summed E-state index contributed by atoms with van der Waals surface area (Å²) in [7, 11) is -3.90. The van der Waals surface area contributed by atoms with Gasteiger partial charge >= 0.3 is 0 Å². The van der Waals surface area contributed by atoms with Crippen LogP contribution in [0.25, 0.3) is 0 Å². The van der Waals surface area contributed by atoms with Crippen LogP contribution in [-0.2, 0) is 24.7 Å². The van der Waals surface area contributed by atoms with Crippen LogP contribution in [0.5, 0.6) is 11.5 Å². The normalized spacial score (nSPS) is 24.6. The molecule has 2 aliphatic heterocycles. The van der Waals surface area contributed by atoms with E-state index >= 15 is 0 Å². The van der Waals surface area contributed by atoms with Gasteiger partial charge in [0.15, 0.2) is 21.3 Å². The zero-order chi connectivity index (χ0) is 22.9. The molecule has 1 aromatic carbocycles. The van der Waals surface area contributed by atoms with Gasteiger partial charge in [-0.25, -0.2) is 16.8 Å². The number of sulfone groups is 1. The van der Waals surface area contributed by atoms with Gasteiger partial charge in [0.2, 0.25) is 15.9 Å². The molecular weight excluding hydrogens is 446 g/mol. The summed E-state index contributed by atoms with van der Waals surface area (Å²) in [6.45, 7) is 3.12. The van der Waals surface area contributed by atoms with Crippen molar-refractivity contribution in [3.05, 3.63) is 18.2 Å². The van der Waals surface area contributed by atoms with E-state index in [-0.39, 0.29) is 41.9 Å². The first-order valence-corrected chi connectivity index (χ1v) is 13.2. The van der Waals surface area contributed by atoms with Crippen molar-refractivity contribution >= 4 is 25.8 Å². The minimum Gasteiger partial charge on any atom is -0.493 e. The third-order valence-corrected chi connectivity index (χ3v) is 9.43. The molecule has 0 bridgehead atoms. The van der Waals surface area contributed by atoms with Gasteiger partial charge < -0.3 is 14.8 Å². The summed E-state index contributed by atoms with van der Waals surface area (Å²) < 4.78 is 61.1. The fraction of sp³-hybridized carbons (Fsp3) is 0.632. The molecule has 0 radical (unpaired) electrons. The van der Waals surface area contributed by atoms with E-state index in [9.17, 15) is 21.6 Å². The third kappa shape index (κ3) is 5.48. The molecule has 0 saturated carbocycles. The average Bonchev–Trinajstić information content (AvgIpc) is 2.99. The number of methoxy groups -OCH3 is 2. The Morgan fingerprint density at radius 2 is 1.77 bits per heavy atom. The number of amides is 1. The van der Waals surface area contributed by atoms with Crippen LogP contribution < -0.4 is 14.8 Å². The van der Waals surface area contributed by atoms with Crippen LogP contribution in [0.4, 0.5) is 0 Å². The molecule has 0 unspecified atom stereocenters. The van der Waals surface area contributed by atoms with E-state index in [1.54, 1.807) is 13.0 Å². The SMILES string of the molecule is COc1ccc(S(=O)(=O)N2CCN(CC(=O)N[C@@]3(C)CCS(=O)(=O)C3)CC2)cc1OC. The predicted molar refractivity (Wildman–Crippen MR) is 115 cm³/mol. The summed E-state index contributed by atoms with van der Waals surface area (Å²) in [5, 5.41) is 2.83. The lowest BCUT2D eigenvalue weighted by Gasteiger charge is -2.34. The van der Waals surface area contributed by atoms with Crippen molar-refractivity contribution in [3.63, 3.8) is 0 Å². The molecule has 12 heteroatoms. The largest absolute Gasteiger partial charge is 0.493 e. The number of benzene rings is 1. The minimum absolute atomic E-state index is 0.0525. The minimum atomic E-state index is -3.71. The van der Waals surface area contributed by atoms with Crippen molar-refractivity contribution in [2.24, 2.45) is 0 Å². The molecule has 1 amide bonds. The van der Waals surface area contributed by atoms with Crippen LogP contribution >= 0.6 is 0 Å². The number of carbonyl (C=O) groups excluding carboxylic acids is 1. The van der Waals surface area contributed by atoms with Crippen LogP contribution in [0, 0.1) is 0 Å². The Labute approximate surface area is 183 Å². The Morgan fingerprint density at radius 3 is 2.32 bits per heavy atom. The van der Waals surface area contributed by atoms with Crippen LogP contribution in [-0.4, -0.2) is 95.9 Å². The molecular formula is C19H29N3O7S2. The number of piperazine rings is 1. The third-order valence-electron chi connectivity index (χ3n) is 5.64. The first-order valence-electron chi connectivity index (χ1n) is 9.94. The molecule has 3 rings (SSSR count). The molecule has 1 aromatic rings. The summed E-state index contributed by atoms with van der Waals surface area (Å²) in [5.41, 5.74) is -0.742. The van der Waals surface area contributed by atoms with Crippen molar-refractivity contribution in [1.82, 2.24) is 14.5 Å². The fourth-order valence-corrected chi connectivity index (χ4v) is 7.47. The summed E-state index contributed by atoms with van der Waals surface area (Å²) in [5.74, 6) is 0.553. The average molecular weight is 476 g/mol. The lowest BCUT2D eigenvalue weighted by molar-refractivity contribution is -0.124. The van der Waals surface area contributed by atoms with Gasteiger partial charge in [-0.1, -0.05) is 0 Å². The Hall–Kier alpha value is -1.89. The van der Waals surface area contributed by atoms with Crippen molar-refractivity contribution < 1.29 is 31.1 Å². The number of hydrogen-bond acceptors (Lipinski definition) is 8. The first kappa shape index (κ1) is 23.8. The van der Waals surface area contributed by atoms with Gasteiger partial charge in [0, 0.05) is 32.2 Å². The van der Waals surface area contributed by atoms with Crippen molar-refractivity contribution in [3.8, 4) is 11.5 Å². The zero-order valence-electron chi connectivity index (χ0n) is 18.0. The van der Waals surface area contributed by atoms with Gasteiger partial charge in [-0.05, 0) is 25.5 Å². The maximum atomic E-state index is 13.0. The fourth-order valence-electron chi connectivity index (χ4n) is 3.94. The molecule has 10 nitrogen and oxygen atoms in total. The van der Waals surface area contributed by atoms with Gasteiger partial charge in [0.1, 0.15) is 0 Å². The highest BCUT2D eigenvalue weighted by molar-refractivity contribution is 7.91. The van der Waals surface area contributed by atoms with Gasteiger partial charge in [-0.2, -0.15) is 4.31 Å². The lowest BCUT2D eigenvalue weighted by Crippen LogP contribution is -2.54. The molecule has 174 valence electrons. The van der Waals surface area contributed by atoms with E-state index in [1.807, 2.05) is 4.90 Å². The molecule has 2 aliphatic rings. The highest BCUT2D eigenvalue weighted by Crippen LogP contribution is 2.31. The van der Waals surface area contributed by atoms with Crippen molar-refractivity contribution in [2.45, 2.75) is 23.8 Å². The quantitative estimate of drug-likeness (QED) is 0.571. The number of rotatable bonds is 7. The van der Waals surface area contributed by atoms with Crippen LogP contribution in [0.2, 0.25) is 0 Å². The maximum absolute atomic E-state index is 13.0. The van der Waals surface area contributed by atoms with E-state index in [2.05, 4.69) is 5.32 Å². The lowest BCUT2D eigenvalue weighted by atomic mass is 10.0. The van der Waals surface area contributed by atoms with Gasteiger partial charge in [0.05, 0.1) is 42.7 Å². The second-order valence-corrected chi connectivity index (χ2v) is 12.3. The first-order chi connectivity index (χ1) is 14.5. The Morgan fingerprint density at radius 1 is 1.13 bits per heavy atom. The monoisotopic (exact) mass is 475 g/mol. The summed E-state index contributed by atoms with van der Waals surface area (Å²) in [6, 6.07) is 4.47. The molecule has 2 saturated heterocycles. The van der Waals surface area contributed by atoms with Gasteiger partial charge in [-0.3, -0.25) is 9.69 Å². The topological polar surface area (TPSA) is 122 Å². The van der Waals surface area contributed by atoms with E-state index in [4.69, 9.17) is 9.47 Å². The molecule has 0 aromatic heterocycles. The zero-order valence-corrected chi connectivity index (χ0v) is 19.6. The molecule has 1 atom stereocenters. The summed E-state index contributed by atoms with van der Waals surface area (Å²) in [6.07, 6.45) is 0.401. The van der Waals surface area contributed by atoms with E-state index < -0.39 is 25.4 Å². The Kier molecular flexibility index (Phi) is 6.84. The number of ether oxygens (including phenoxy) is 2. The number of carbonyl (C=O) groups is 1.